The first-order chi connectivity index (χ1) is 16.4. The van der Waals surface area contributed by atoms with Gasteiger partial charge in [0.1, 0.15) is 23.8 Å². The van der Waals surface area contributed by atoms with Crippen LogP contribution < -0.4 is 5.32 Å². The van der Waals surface area contributed by atoms with Gasteiger partial charge < -0.3 is 19.6 Å². The number of hydrogen-bond acceptors (Lipinski definition) is 6. The van der Waals surface area contributed by atoms with E-state index in [1.54, 1.807) is 33.7 Å². The number of carbonyl (C=O) groups excluding carboxylic acids is 2. The van der Waals surface area contributed by atoms with Crippen molar-refractivity contribution in [1.82, 2.24) is 24.7 Å². The molecule has 0 bridgehead atoms. The summed E-state index contributed by atoms with van der Waals surface area (Å²) in [6.45, 7) is 3.05. The van der Waals surface area contributed by atoms with Gasteiger partial charge in [0.15, 0.2) is 0 Å². The second kappa shape index (κ2) is 8.30. The van der Waals surface area contributed by atoms with Crippen LogP contribution in [-0.4, -0.2) is 56.3 Å². The molecule has 0 fully saturated rings. The molecule has 0 spiro atoms. The van der Waals surface area contributed by atoms with Crippen LogP contribution >= 0.6 is 0 Å². The molecular formula is C23H22FN7O3. The molecule has 2 unspecified atom stereocenters. The third-order valence-electron chi connectivity index (χ3n) is 6.39. The Bertz CT molecular complexity index is 1310. The van der Waals surface area contributed by atoms with E-state index in [0.717, 1.165) is 23.0 Å². The summed E-state index contributed by atoms with van der Waals surface area (Å²) in [6, 6.07) is 6.82. The standard InChI is InChI=1S/C23H22FN7O3/c1-13-7-20-17(12-30(13)23(33)26-16-3-4-18(24)14(8-16)9-25)21-22(32)29(2)10-15(11-31(21)27-20)19-5-6-34-28-19/h3-6,8,13,15H,7,10-12H2,1-2H3,(H,26,33). The summed E-state index contributed by atoms with van der Waals surface area (Å²) >= 11 is 0. The third kappa shape index (κ3) is 3.67. The molecule has 2 aliphatic heterocycles. The maximum atomic E-state index is 13.6. The lowest BCUT2D eigenvalue weighted by atomic mass is 9.99. The van der Waals surface area contributed by atoms with E-state index in [2.05, 4.69) is 10.5 Å². The molecule has 3 amide bonds. The van der Waals surface area contributed by atoms with Crippen LogP contribution in [0.3, 0.4) is 0 Å². The van der Waals surface area contributed by atoms with Crippen molar-refractivity contribution in [3.05, 3.63) is 64.6 Å². The summed E-state index contributed by atoms with van der Waals surface area (Å²) in [4.78, 5) is 29.6. The highest BCUT2D eigenvalue weighted by molar-refractivity contribution is 5.95. The Labute approximate surface area is 194 Å². The van der Waals surface area contributed by atoms with Crippen LogP contribution in [0.15, 0.2) is 35.1 Å². The molecule has 174 valence electrons. The van der Waals surface area contributed by atoms with Crippen LogP contribution in [0.2, 0.25) is 0 Å². The largest absolute Gasteiger partial charge is 0.364 e. The molecule has 2 aromatic heterocycles. The Morgan fingerprint density at radius 2 is 2.15 bits per heavy atom. The number of hydrogen-bond donors (Lipinski definition) is 1. The van der Waals surface area contributed by atoms with Gasteiger partial charge in [-0.15, -0.1) is 0 Å². The fraction of sp³-hybridized carbons (Fsp3) is 0.348. The zero-order chi connectivity index (χ0) is 24.0. The number of anilines is 1. The molecular weight excluding hydrogens is 441 g/mol. The highest BCUT2D eigenvalue weighted by atomic mass is 19.1. The minimum Gasteiger partial charge on any atom is -0.364 e. The molecule has 0 radical (unpaired) electrons. The number of likely N-dealkylation sites (N-methyl/N-ethyl adjacent to an activating group) is 1. The van der Waals surface area contributed by atoms with E-state index < -0.39 is 11.8 Å². The second-order valence-corrected chi connectivity index (χ2v) is 8.68. The van der Waals surface area contributed by atoms with Gasteiger partial charge in [-0.25, -0.2) is 9.18 Å². The zero-order valence-electron chi connectivity index (χ0n) is 18.7. The molecule has 34 heavy (non-hydrogen) atoms. The SMILES string of the molecule is CC1Cc2nn3c(c2CN1C(=O)Nc1ccc(F)c(C#N)c1)C(=O)N(C)CC(c1ccon1)C3. The second-order valence-electron chi connectivity index (χ2n) is 8.68. The van der Waals surface area contributed by atoms with Gasteiger partial charge in [-0.3, -0.25) is 9.48 Å². The molecule has 0 saturated heterocycles. The van der Waals surface area contributed by atoms with Gasteiger partial charge in [-0.1, -0.05) is 5.16 Å². The Morgan fingerprint density at radius 1 is 1.32 bits per heavy atom. The number of rotatable bonds is 2. The van der Waals surface area contributed by atoms with Crippen molar-refractivity contribution in [2.45, 2.75) is 38.4 Å². The van der Waals surface area contributed by atoms with Gasteiger partial charge in [0.05, 0.1) is 30.0 Å². The average Bonchev–Trinajstić information content (AvgIpc) is 3.44. The summed E-state index contributed by atoms with van der Waals surface area (Å²) in [5.41, 5.74) is 2.92. The predicted molar refractivity (Wildman–Crippen MR) is 117 cm³/mol. The molecule has 11 heteroatoms. The molecule has 4 heterocycles. The van der Waals surface area contributed by atoms with Crippen LogP contribution in [0.25, 0.3) is 0 Å². The number of nitrogens with zero attached hydrogens (tertiary/aromatic N) is 6. The first-order valence-electron chi connectivity index (χ1n) is 10.9. The van der Waals surface area contributed by atoms with Gasteiger partial charge >= 0.3 is 6.03 Å². The Balaban J connectivity index is 1.43. The Kier molecular flexibility index (Phi) is 5.28. The molecule has 3 aromatic rings. The quantitative estimate of drug-likeness (QED) is 0.624. The minimum atomic E-state index is -0.648. The van der Waals surface area contributed by atoms with Gasteiger partial charge in [0, 0.05) is 49.3 Å². The minimum absolute atomic E-state index is 0.0695. The van der Waals surface area contributed by atoms with E-state index in [-0.39, 0.29) is 30.0 Å². The van der Waals surface area contributed by atoms with E-state index in [9.17, 15) is 14.0 Å². The number of fused-ring (bicyclic) bond motifs is 3. The van der Waals surface area contributed by atoms with E-state index in [1.807, 2.05) is 6.92 Å². The lowest BCUT2D eigenvalue weighted by Gasteiger charge is -2.33. The van der Waals surface area contributed by atoms with Crippen molar-refractivity contribution in [1.29, 1.82) is 5.26 Å². The maximum Gasteiger partial charge on any atom is 0.322 e. The summed E-state index contributed by atoms with van der Waals surface area (Å²) in [7, 11) is 1.74. The van der Waals surface area contributed by atoms with E-state index >= 15 is 0 Å². The Morgan fingerprint density at radius 3 is 2.88 bits per heavy atom. The molecule has 5 rings (SSSR count). The van der Waals surface area contributed by atoms with Crippen molar-refractivity contribution in [2.24, 2.45) is 0 Å². The summed E-state index contributed by atoms with van der Waals surface area (Å²) < 4.78 is 20.4. The predicted octanol–water partition coefficient (Wildman–Crippen LogP) is 2.73. The van der Waals surface area contributed by atoms with Gasteiger partial charge in [0.25, 0.3) is 5.91 Å². The molecule has 2 atom stereocenters. The first kappa shape index (κ1) is 21.6. The number of carbonyl (C=O) groups is 2. The molecule has 1 aromatic carbocycles. The molecule has 0 aliphatic carbocycles. The van der Waals surface area contributed by atoms with E-state index in [1.165, 1.54) is 18.4 Å². The van der Waals surface area contributed by atoms with E-state index in [0.29, 0.717) is 30.9 Å². The fourth-order valence-electron chi connectivity index (χ4n) is 4.60. The topological polar surface area (TPSA) is 120 Å². The Hall–Kier alpha value is -4.20. The normalized spacial score (nSPS) is 19.8. The molecule has 0 saturated carbocycles. The van der Waals surface area contributed by atoms with Crippen LogP contribution in [0.4, 0.5) is 14.9 Å². The number of urea groups is 1. The van der Waals surface area contributed by atoms with Gasteiger partial charge in [-0.05, 0) is 25.1 Å². The van der Waals surface area contributed by atoms with Gasteiger partial charge in [0.2, 0.25) is 0 Å². The van der Waals surface area contributed by atoms with Crippen LogP contribution in [0.5, 0.6) is 0 Å². The summed E-state index contributed by atoms with van der Waals surface area (Å²) in [5, 5.41) is 20.6. The first-order valence-corrected chi connectivity index (χ1v) is 10.9. The highest BCUT2D eigenvalue weighted by Gasteiger charge is 2.37. The highest BCUT2D eigenvalue weighted by Crippen LogP contribution is 2.31. The number of nitrogens with one attached hydrogen (secondary N) is 1. The maximum absolute atomic E-state index is 13.6. The number of halogens is 1. The average molecular weight is 463 g/mol. The van der Waals surface area contributed by atoms with Crippen molar-refractivity contribution < 1.29 is 18.5 Å². The van der Waals surface area contributed by atoms with Crippen molar-refractivity contribution in [3.63, 3.8) is 0 Å². The number of nitriles is 1. The molecule has 10 nitrogen and oxygen atoms in total. The van der Waals surface area contributed by atoms with Crippen molar-refractivity contribution in [2.75, 3.05) is 18.9 Å². The number of benzene rings is 1. The van der Waals surface area contributed by atoms with E-state index in [4.69, 9.17) is 14.9 Å². The number of amides is 3. The van der Waals surface area contributed by atoms with Crippen LogP contribution in [0.1, 0.15) is 45.8 Å². The fourth-order valence-corrected chi connectivity index (χ4v) is 4.60. The smallest absolute Gasteiger partial charge is 0.322 e. The summed E-state index contributed by atoms with van der Waals surface area (Å²) in [6.07, 6.45) is 2.00. The third-order valence-corrected chi connectivity index (χ3v) is 6.39. The lowest BCUT2D eigenvalue weighted by molar-refractivity contribution is 0.0787. The zero-order valence-corrected chi connectivity index (χ0v) is 18.7. The van der Waals surface area contributed by atoms with Crippen LogP contribution in [0, 0.1) is 17.1 Å². The summed E-state index contributed by atoms with van der Waals surface area (Å²) in [5.74, 6) is -0.877. The molecule has 1 N–H and O–H groups in total. The lowest BCUT2D eigenvalue weighted by Crippen LogP contribution is -2.45. The molecule has 2 aliphatic rings. The van der Waals surface area contributed by atoms with Crippen molar-refractivity contribution >= 4 is 17.6 Å². The monoisotopic (exact) mass is 463 g/mol. The number of aromatic nitrogens is 3. The van der Waals surface area contributed by atoms with Crippen LogP contribution in [-0.2, 0) is 19.5 Å². The van der Waals surface area contributed by atoms with Gasteiger partial charge in [-0.2, -0.15) is 10.4 Å². The van der Waals surface area contributed by atoms with Crippen molar-refractivity contribution in [3.8, 4) is 6.07 Å².